The van der Waals surface area contributed by atoms with Crippen molar-refractivity contribution in [3.63, 3.8) is 0 Å². The number of carbonyl (C=O) groups is 1. The van der Waals surface area contributed by atoms with Gasteiger partial charge in [-0.25, -0.2) is 8.78 Å². The van der Waals surface area contributed by atoms with Gasteiger partial charge in [-0.1, -0.05) is 6.07 Å². The molecule has 0 aliphatic heterocycles. The van der Waals surface area contributed by atoms with Crippen molar-refractivity contribution in [3.05, 3.63) is 90.0 Å². The molecule has 2 heterocycles. The molecule has 0 aliphatic rings. The van der Waals surface area contributed by atoms with E-state index in [0.717, 1.165) is 12.3 Å². The number of amides is 1. The third kappa shape index (κ3) is 3.60. The molecule has 4 nitrogen and oxygen atoms in total. The van der Waals surface area contributed by atoms with Crippen LogP contribution in [0.2, 0.25) is 0 Å². The highest BCUT2D eigenvalue weighted by atomic mass is 19.1. The third-order valence-corrected chi connectivity index (χ3v) is 3.38. The highest BCUT2D eigenvalue weighted by Gasteiger charge is 2.19. The van der Waals surface area contributed by atoms with Crippen molar-refractivity contribution in [2.75, 3.05) is 4.90 Å². The Kier molecular flexibility index (Phi) is 4.56. The molecule has 24 heavy (non-hydrogen) atoms. The normalized spacial score (nSPS) is 10.4. The standard InChI is InChI=1S/C18H13F2N3O/c19-14-4-6-17(7-5-14)23(12-16-3-1-2-8-22-16)18(24)13-9-15(20)11-21-10-13/h1-11H,12H2. The van der Waals surface area contributed by atoms with Gasteiger partial charge in [-0.3, -0.25) is 14.8 Å². The molecular weight excluding hydrogens is 312 g/mol. The van der Waals surface area contributed by atoms with Crippen molar-refractivity contribution in [2.24, 2.45) is 0 Å². The van der Waals surface area contributed by atoms with E-state index < -0.39 is 17.5 Å². The lowest BCUT2D eigenvalue weighted by molar-refractivity contribution is 0.0984. The van der Waals surface area contributed by atoms with Crippen LogP contribution in [0.5, 0.6) is 0 Å². The van der Waals surface area contributed by atoms with Crippen molar-refractivity contribution < 1.29 is 13.6 Å². The van der Waals surface area contributed by atoms with E-state index in [0.29, 0.717) is 11.4 Å². The predicted molar refractivity (Wildman–Crippen MR) is 85.3 cm³/mol. The van der Waals surface area contributed by atoms with Crippen molar-refractivity contribution >= 4 is 11.6 Å². The fraction of sp³-hybridized carbons (Fsp3) is 0.0556. The molecule has 3 aromatic rings. The lowest BCUT2D eigenvalue weighted by Crippen LogP contribution is -2.31. The molecule has 6 heteroatoms. The van der Waals surface area contributed by atoms with Gasteiger partial charge in [0.15, 0.2) is 0 Å². The van der Waals surface area contributed by atoms with Crippen LogP contribution in [-0.2, 0) is 6.54 Å². The number of carbonyl (C=O) groups excluding carboxylic acids is 1. The van der Waals surface area contributed by atoms with Crippen LogP contribution in [-0.4, -0.2) is 15.9 Å². The summed E-state index contributed by atoms with van der Waals surface area (Å²) in [6, 6.07) is 12.0. The molecule has 0 unspecified atom stereocenters. The summed E-state index contributed by atoms with van der Waals surface area (Å²) in [6.07, 6.45) is 3.94. The van der Waals surface area contributed by atoms with Gasteiger partial charge in [-0.2, -0.15) is 0 Å². The maximum atomic E-state index is 13.4. The molecule has 2 aromatic heterocycles. The molecule has 120 valence electrons. The van der Waals surface area contributed by atoms with E-state index in [-0.39, 0.29) is 12.1 Å². The van der Waals surface area contributed by atoms with Crippen LogP contribution in [0, 0.1) is 11.6 Å². The topological polar surface area (TPSA) is 46.1 Å². The van der Waals surface area contributed by atoms with E-state index in [4.69, 9.17) is 0 Å². The summed E-state index contributed by atoms with van der Waals surface area (Å²) in [5.74, 6) is -1.45. The number of benzene rings is 1. The molecule has 0 bridgehead atoms. The minimum atomic E-state index is -0.599. The maximum absolute atomic E-state index is 13.4. The average molecular weight is 325 g/mol. The van der Waals surface area contributed by atoms with E-state index in [1.807, 2.05) is 0 Å². The number of aromatic nitrogens is 2. The number of hydrogen-bond acceptors (Lipinski definition) is 3. The summed E-state index contributed by atoms with van der Waals surface area (Å²) in [4.78, 5) is 22.1. The second-order valence-corrected chi connectivity index (χ2v) is 5.08. The van der Waals surface area contributed by atoms with Crippen LogP contribution in [0.4, 0.5) is 14.5 Å². The first-order chi connectivity index (χ1) is 11.6. The Morgan fingerprint density at radius 2 is 1.79 bits per heavy atom. The van der Waals surface area contributed by atoms with Crippen molar-refractivity contribution in [1.29, 1.82) is 0 Å². The number of rotatable bonds is 4. The SMILES string of the molecule is O=C(c1cncc(F)c1)N(Cc1ccccn1)c1ccc(F)cc1. The monoisotopic (exact) mass is 325 g/mol. The summed E-state index contributed by atoms with van der Waals surface area (Å²) in [6.45, 7) is 0.168. The van der Waals surface area contributed by atoms with Crippen LogP contribution in [0.15, 0.2) is 67.1 Å². The van der Waals surface area contributed by atoms with Crippen molar-refractivity contribution in [2.45, 2.75) is 6.54 Å². The van der Waals surface area contributed by atoms with Gasteiger partial charge in [0.2, 0.25) is 0 Å². The van der Waals surface area contributed by atoms with E-state index >= 15 is 0 Å². The van der Waals surface area contributed by atoms with Crippen LogP contribution < -0.4 is 4.90 Å². The lowest BCUT2D eigenvalue weighted by atomic mass is 10.2. The fourth-order valence-corrected chi connectivity index (χ4v) is 2.24. The van der Waals surface area contributed by atoms with Gasteiger partial charge >= 0.3 is 0 Å². The number of pyridine rings is 2. The molecule has 0 atom stereocenters. The molecule has 0 fully saturated rings. The Morgan fingerprint density at radius 3 is 2.46 bits per heavy atom. The largest absolute Gasteiger partial charge is 0.302 e. The first-order valence-corrected chi connectivity index (χ1v) is 7.21. The summed E-state index contributed by atoms with van der Waals surface area (Å²) in [7, 11) is 0. The van der Waals surface area contributed by atoms with Crippen molar-refractivity contribution in [1.82, 2.24) is 9.97 Å². The van der Waals surface area contributed by atoms with E-state index in [1.165, 1.54) is 35.4 Å². The zero-order valence-electron chi connectivity index (χ0n) is 12.6. The minimum absolute atomic E-state index is 0.107. The molecule has 0 saturated heterocycles. The fourth-order valence-electron chi connectivity index (χ4n) is 2.24. The Labute approximate surface area is 137 Å². The molecule has 0 radical (unpaired) electrons. The smallest absolute Gasteiger partial charge is 0.260 e. The number of hydrogen-bond donors (Lipinski definition) is 0. The molecule has 0 aliphatic carbocycles. The molecule has 1 aromatic carbocycles. The predicted octanol–water partition coefficient (Wildman–Crippen LogP) is 3.60. The molecule has 0 spiro atoms. The Balaban J connectivity index is 1.97. The highest BCUT2D eigenvalue weighted by molar-refractivity contribution is 6.05. The van der Waals surface area contributed by atoms with Crippen LogP contribution in [0.1, 0.15) is 16.1 Å². The van der Waals surface area contributed by atoms with Gasteiger partial charge in [-0.05, 0) is 42.5 Å². The Bertz CT molecular complexity index is 838. The van der Waals surface area contributed by atoms with E-state index in [2.05, 4.69) is 9.97 Å². The molecule has 3 rings (SSSR count). The number of nitrogens with zero attached hydrogens (tertiary/aromatic N) is 3. The van der Waals surface area contributed by atoms with Gasteiger partial charge in [0, 0.05) is 18.1 Å². The van der Waals surface area contributed by atoms with Gasteiger partial charge in [-0.15, -0.1) is 0 Å². The molecule has 1 amide bonds. The van der Waals surface area contributed by atoms with Crippen LogP contribution in [0.25, 0.3) is 0 Å². The molecule has 0 saturated carbocycles. The summed E-state index contributed by atoms with van der Waals surface area (Å²) < 4.78 is 26.6. The van der Waals surface area contributed by atoms with Gasteiger partial charge in [0.1, 0.15) is 11.6 Å². The quantitative estimate of drug-likeness (QED) is 0.736. The minimum Gasteiger partial charge on any atom is -0.302 e. The summed E-state index contributed by atoms with van der Waals surface area (Å²) in [5.41, 5.74) is 1.24. The van der Waals surface area contributed by atoms with Gasteiger partial charge in [0.05, 0.1) is 24.0 Å². The number of anilines is 1. The van der Waals surface area contributed by atoms with E-state index in [1.54, 1.807) is 24.4 Å². The average Bonchev–Trinajstić information content (AvgIpc) is 2.61. The zero-order chi connectivity index (χ0) is 16.9. The maximum Gasteiger partial charge on any atom is 0.260 e. The zero-order valence-corrected chi connectivity index (χ0v) is 12.6. The molecular formula is C18H13F2N3O. The lowest BCUT2D eigenvalue weighted by Gasteiger charge is -2.22. The summed E-state index contributed by atoms with van der Waals surface area (Å²) in [5, 5.41) is 0. The van der Waals surface area contributed by atoms with Crippen LogP contribution >= 0.6 is 0 Å². The Hall–Kier alpha value is -3.15. The third-order valence-electron chi connectivity index (χ3n) is 3.38. The molecule has 0 N–H and O–H groups in total. The second-order valence-electron chi connectivity index (χ2n) is 5.08. The summed E-state index contributed by atoms with van der Waals surface area (Å²) >= 11 is 0. The Morgan fingerprint density at radius 1 is 1.00 bits per heavy atom. The van der Waals surface area contributed by atoms with Crippen LogP contribution in [0.3, 0.4) is 0 Å². The number of halogens is 2. The highest BCUT2D eigenvalue weighted by Crippen LogP contribution is 2.20. The second kappa shape index (κ2) is 6.95. The first kappa shape index (κ1) is 15.7. The van der Waals surface area contributed by atoms with Crippen molar-refractivity contribution in [3.8, 4) is 0 Å². The van der Waals surface area contributed by atoms with Gasteiger partial charge in [0.25, 0.3) is 5.91 Å². The van der Waals surface area contributed by atoms with E-state index in [9.17, 15) is 13.6 Å². The first-order valence-electron chi connectivity index (χ1n) is 7.21. The van der Waals surface area contributed by atoms with Gasteiger partial charge < -0.3 is 4.90 Å².